The van der Waals surface area contributed by atoms with Crippen molar-refractivity contribution in [2.45, 2.75) is 31.7 Å². The Bertz CT molecular complexity index is 1050. The molecule has 0 saturated heterocycles. The fraction of sp³-hybridized carbons (Fsp3) is 0.316. The Morgan fingerprint density at radius 2 is 2.08 bits per heavy atom. The lowest BCUT2D eigenvalue weighted by Gasteiger charge is -2.29. The van der Waals surface area contributed by atoms with Crippen LogP contribution in [0, 0.1) is 13.8 Å². The fourth-order valence-corrected chi connectivity index (χ4v) is 5.19. The highest BCUT2D eigenvalue weighted by Gasteiger charge is 2.22. The molecule has 0 bridgehead atoms. The quantitative estimate of drug-likeness (QED) is 0.691. The van der Waals surface area contributed by atoms with Gasteiger partial charge in [0.1, 0.15) is 4.83 Å². The van der Waals surface area contributed by atoms with E-state index in [1.807, 2.05) is 43.0 Å². The largest absolute Gasteiger partial charge is 0.310 e. The zero-order chi connectivity index (χ0) is 18.3. The zero-order valence-corrected chi connectivity index (χ0v) is 16.3. The number of nitrogens with zero attached hydrogens (tertiary/aromatic N) is 3. The third-order valence-corrected chi connectivity index (χ3v) is 6.91. The number of hydrogen-bond acceptors (Lipinski definition) is 5. The number of rotatable bonds is 3. The summed E-state index contributed by atoms with van der Waals surface area (Å²) in [4.78, 5) is 34.8. The number of anilines is 1. The van der Waals surface area contributed by atoms with Crippen molar-refractivity contribution < 1.29 is 4.79 Å². The third-order valence-electron chi connectivity index (χ3n) is 4.75. The van der Waals surface area contributed by atoms with E-state index in [1.54, 1.807) is 22.7 Å². The predicted molar refractivity (Wildman–Crippen MR) is 107 cm³/mol. The van der Waals surface area contributed by atoms with Crippen LogP contribution in [0.25, 0.3) is 10.2 Å². The maximum absolute atomic E-state index is 12.8. The smallest absolute Gasteiger partial charge is 0.262 e. The second-order valence-electron chi connectivity index (χ2n) is 6.32. The number of para-hydroxylation sites is 1. The number of aryl methyl sites for hydroxylation is 3. The second kappa shape index (κ2) is 6.89. The summed E-state index contributed by atoms with van der Waals surface area (Å²) in [6.45, 7) is 5.01. The number of benzene rings is 1. The summed E-state index contributed by atoms with van der Waals surface area (Å²) in [6.07, 6.45) is 1.85. The number of carbonyl (C=O) groups is 1. The molecule has 1 aromatic carbocycles. The highest BCUT2D eigenvalue weighted by molar-refractivity contribution is 7.99. The van der Waals surface area contributed by atoms with Crippen LogP contribution in [-0.4, -0.2) is 27.8 Å². The number of thioether (sulfide) groups is 1. The van der Waals surface area contributed by atoms with Gasteiger partial charge in [0.2, 0.25) is 5.91 Å². The van der Waals surface area contributed by atoms with E-state index in [0.717, 1.165) is 31.6 Å². The summed E-state index contributed by atoms with van der Waals surface area (Å²) < 4.78 is 1.56. The van der Waals surface area contributed by atoms with Gasteiger partial charge in [0.15, 0.2) is 0 Å². The number of fused-ring (bicyclic) bond motifs is 2. The van der Waals surface area contributed by atoms with Crippen LogP contribution in [0.1, 0.15) is 16.9 Å². The van der Waals surface area contributed by atoms with Gasteiger partial charge < -0.3 is 4.90 Å². The number of aromatic nitrogens is 2. The highest BCUT2D eigenvalue weighted by Crippen LogP contribution is 2.34. The molecule has 2 aromatic heterocycles. The van der Waals surface area contributed by atoms with E-state index in [2.05, 4.69) is 4.98 Å². The van der Waals surface area contributed by atoms with Crippen LogP contribution >= 0.6 is 23.1 Å². The molecule has 134 valence electrons. The van der Waals surface area contributed by atoms with Crippen molar-refractivity contribution >= 4 is 44.9 Å². The average molecular weight is 386 g/mol. The van der Waals surface area contributed by atoms with Crippen molar-refractivity contribution in [1.82, 2.24) is 9.55 Å². The molecule has 7 heteroatoms. The van der Waals surface area contributed by atoms with Gasteiger partial charge in [-0.1, -0.05) is 12.1 Å². The van der Waals surface area contributed by atoms with E-state index >= 15 is 0 Å². The molecule has 0 saturated carbocycles. The van der Waals surface area contributed by atoms with Crippen LogP contribution in [0.4, 0.5) is 5.69 Å². The SMILES string of the molecule is Cc1sc2ncn(CCC(=O)N3CCSc4ccccc43)c(=O)c2c1C. The van der Waals surface area contributed by atoms with Gasteiger partial charge in [-0.2, -0.15) is 0 Å². The molecule has 1 aliphatic rings. The monoisotopic (exact) mass is 385 g/mol. The Morgan fingerprint density at radius 3 is 2.92 bits per heavy atom. The van der Waals surface area contributed by atoms with Crippen LogP contribution in [-0.2, 0) is 11.3 Å². The van der Waals surface area contributed by atoms with Gasteiger partial charge in [0.05, 0.1) is 17.4 Å². The van der Waals surface area contributed by atoms with E-state index in [-0.39, 0.29) is 17.9 Å². The molecule has 0 N–H and O–H groups in total. The lowest BCUT2D eigenvalue weighted by Crippen LogP contribution is -2.36. The highest BCUT2D eigenvalue weighted by atomic mass is 32.2. The van der Waals surface area contributed by atoms with Crippen molar-refractivity contribution in [2.24, 2.45) is 0 Å². The number of carbonyl (C=O) groups excluding carboxylic acids is 1. The van der Waals surface area contributed by atoms with Crippen molar-refractivity contribution in [2.75, 3.05) is 17.2 Å². The molecule has 0 fully saturated rings. The predicted octanol–water partition coefficient (Wildman–Crippen LogP) is 3.60. The number of thiophene rings is 1. The number of hydrogen-bond donors (Lipinski definition) is 0. The third kappa shape index (κ3) is 2.95. The van der Waals surface area contributed by atoms with Gasteiger partial charge in [0.25, 0.3) is 5.56 Å². The van der Waals surface area contributed by atoms with Gasteiger partial charge in [-0.05, 0) is 31.5 Å². The van der Waals surface area contributed by atoms with E-state index in [9.17, 15) is 9.59 Å². The Hall–Kier alpha value is -2.12. The second-order valence-corrected chi connectivity index (χ2v) is 8.66. The lowest BCUT2D eigenvalue weighted by molar-refractivity contribution is -0.118. The molecule has 26 heavy (non-hydrogen) atoms. The summed E-state index contributed by atoms with van der Waals surface area (Å²) in [5.41, 5.74) is 1.91. The van der Waals surface area contributed by atoms with Gasteiger partial charge in [-0.3, -0.25) is 14.2 Å². The minimum absolute atomic E-state index is 0.0444. The topological polar surface area (TPSA) is 55.2 Å². The molecular formula is C19H19N3O2S2. The Balaban J connectivity index is 1.56. The standard InChI is InChI=1S/C19H19N3O2S2/c1-12-13(2)26-18-17(12)19(24)21(11-20-18)8-7-16(23)22-9-10-25-15-6-4-3-5-14(15)22/h3-6,11H,7-10H2,1-2H3. The summed E-state index contributed by atoms with van der Waals surface area (Å²) in [5, 5.41) is 0.683. The average Bonchev–Trinajstić information content (AvgIpc) is 2.95. The van der Waals surface area contributed by atoms with Crippen LogP contribution in [0.3, 0.4) is 0 Å². The summed E-state index contributed by atoms with van der Waals surface area (Å²) in [7, 11) is 0. The van der Waals surface area contributed by atoms with Gasteiger partial charge >= 0.3 is 0 Å². The first-order chi connectivity index (χ1) is 12.6. The molecule has 0 unspecified atom stereocenters. The maximum atomic E-state index is 12.8. The van der Waals surface area contributed by atoms with Gasteiger partial charge in [0, 0.05) is 35.0 Å². The summed E-state index contributed by atoms with van der Waals surface area (Å²) in [6, 6.07) is 7.97. The van der Waals surface area contributed by atoms with E-state index in [0.29, 0.717) is 18.5 Å². The lowest BCUT2D eigenvalue weighted by atomic mass is 10.2. The minimum Gasteiger partial charge on any atom is -0.310 e. The molecule has 0 atom stereocenters. The molecule has 0 spiro atoms. The van der Waals surface area contributed by atoms with Crippen molar-refractivity contribution in [3.8, 4) is 0 Å². The van der Waals surface area contributed by atoms with Crippen molar-refractivity contribution in [3.63, 3.8) is 0 Å². The van der Waals surface area contributed by atoms with Crippen molar-refractivity contribution in [1.29, 1.82) is 0 Å². The zero-order valence-electron chi connectivity index (χ0n) is 14.7. The minimum atomic E-state index is -0.0563. The van der Waals surface area contributed by atoms with Crippen LogP contribution in [0.5, 0.6) is 0 Å². The van der Waals surface area contributed by atoms with Crippen LogP contribution in [0.2, 0.25) is 0 Å². The number of amides is 1. The Morgan fingerprint density at radius 1 is 1.27 bits per heavy atom. The normalized spacial score (nSPS) is 13.8. The van der Waals surface area contributed by atoms with E-state index in [4.69, 9.17) is 0 Å². The summed E-state index contributed by atoms with van der Waals surface area (Å²) >= 11 is 3.31. The summed E-state index contributed by atoms with van der Waals surface area (Å²) in [5.74, 6) is 0.937. The molecule has 5 nitrogen and oxygen atoms in total. The van der Waals surface area contributed by atoms with Crippen LogP contribution < -0.4 is 10.5 Å². The van der Waals surface area contributed by atoms with E-state index in [1.165, 1.54) is 11.3 Å². The van der Waals surface area contributed by atoms with Gasteiger partial charge in [-0.25, -0.2) is 4.98 Å². The molecule has 3 aromatic rings. The first kappa shape index (κ1) is 17.3. The van der Waals surface area contributed by atoms with Crippen molar-refractivity contribution in [3.05, 3.63) is 51.4 Å². The van der Waals surface area contributed by atoms with Crippen LogP contribution in [0.15, 0.2) is 40.3 Å². The van der Waals surface area contributed by atoms with Gasteiger partial charge in [-0.15, -0.1) is 23.1 Å². The first-order valence-corrected chi connectivity index (χ1v) is 10.3. The fourth-order valence-electron chi connectivity index (χ4n) is 3.21. The molecule has 3 heterocycles. The molecule has 4 rings (SSSR count). The maximum Gasteiger partial charge on any atom is 0.262 e. The molecule has 1 amide bonds. The molecule has 0 radical (unpaired) electrons. The molecule has 0 aliphatic carbocycles. The van der Waals surface area contributed by atoms with E-state index < -0.39 is 0 Å². The Labute approximate surface area is 159 Å². The Kier molecular flexibility index (Phi) is 4.58. The first-order valence-electron chi connectivity index (χ1n) is 8.53. The molecular weight excluding hydrogens is 366 g/mol. The molecule has 1 aliphatic heterocycles.